The fourth-order valence-corrected chi connectivity index (χ4v) is 2.13. The lowest BCUT2D eigenvalue weighted by Gasteiger charge is -2.10. The highest BCUT2D eigenvalue weighted by atomic mass is 79.9. The number of aryl methyl sites for hydroxylation is 3. The Morgan fingerprint density at radius 1 is 1.42 bits per heavy atom. The van der Waals surface area contributed by atoms with Crippen molar-refractivity contribution < 1.29 is 14.6 Å². The standard InChI is InChI=1S/C13H13BrN2O3/c1-7-4-5-9(14)6-10(7)19-12-11(13(17)18)8(2)15-16(12)3/h4-6H,1-3H3,(H,17,18). The molecule has 2 aromatic rings. The Labute approximate surface area is 118 Å². The number of aromatic carboxylic acids is 1. The number of hydrogen-bond donors (Lipinski definition) is 1. The smallest absolute Gasteiger partial charge is 0.343 e. The van der Waals surface area contributed by atoms with Gasteiger partial charge in [-0.3, -0.25) is 0 Å². The molecule has 1 N–H and O–H groups in total. The van der Waals surface area contributed by atoms with Crippen LogP contribution in [0, 0.1) is 13.8 Å². The molecule has 100 valence electrons. The van der Waals surface area contributed by atoms with Crippen molar-refractivity contribution in [1.29, 1.82) is 0 Å². The van der Waals surface area contributed by atoms with E-state index in [-0.39, 0.29) is 11.4 Å². The highest BCUT2D eigenvalue weighted by Gasteiger charge is 2.22. The summed E-state index contributed by atoms with van der Waals surface area (Å²) in [5.74, 6) is -0.223. The maximum atomic E-state index is 11.3. The molecule has 0 saturated carbocycles. The third-order valence-corrected chi connectivity index (χ3v) is 3.23. The molecule has 0 atom stereocenters. The molecule has 0 aliphatic heterocycles. The Morgan fingerprint density at radius 2 is 2.11 bits per heavy atom. The van der Waals surface area contributed by atoms with Crippen LogP contribution in [0.15, 0.2) is 22.7 Å². The molecule has 0 aliphatic carbocycles. The Morgan fingerprint density at radius 3 is 2.74 bits per heavy atom. The molecule has 0 radical (unpaired) electrons. The number of ether oxygens (including phenoxy) is 1. The van der Waals surface area contributed by atoms with Gasteiger partial charge in [0.05, 0.1) is 5.69 Å². The minimum Gasteiger partial charge on any atom is -0.477 e. The zero-order valence-electron chi connectivity index (χ0n) is 10.8. The van der Waals surface area contributed by atoms with Crippen molar-refractivity contribution in [3.63, 3.8) is 0 Å². The van der Waals surface area contributed by atoms with Crippen LogP contribution in [0.4, 0.5) is 0 Å². The lowest BCUT2D eigenvalue weighted by Crippen LogP contribution is -2.02. The van der Waals surface area contributed by atoms with Crippen molar-refractivity contribution in [1.82, 2.24) is 9.78 Å². The van der Waals surface area contributed by atoms with Crippen molar-refractivity contribution in [2.45, 2.75) is 13.8 Å². The van der Waals surface area contributed by atoms with Gasteiger partial charge in [0, 0.05) is 11.5 Å². The summed E-state index contributed by atoms with van der Waals surface area (Å²) in [7, 11) is 1.65. The van der Waals surface area contributed by atoms with Gasteiger partial charge in [-0.05, 0) is 31.5 Å². The topological polar surface area (TPSA) is 64.3 Å². The molecule has 2 rings (SSSR count). The number of nitrogens with zero attached hydrogens (tertiary/aromatic N) is 2. The molecule has 6 heteroatoms. The minimum absolute atomic E-state index is 0.0851. The number of hydrogen-bond acceptors (Lipinski definition) is 3. The van der Waals surface area contributed by atoms with Crippen LogP contribution in [-0.2, 0) is 7.05 Å². The van der Waals surface area contributed by atoms with Crippen molar-refractivity contribution in [3.8, 4) is 11.6 Å². The van der Waals surface area contributed by atoms with Crippen LogP contribution in [-0.4, -0.2) is 20.9 Å². The number of halogens is 1. The average Bonchev–Trinajstić information content (AvgIpc) is 2.59. The molecule has 0 spiro atoms. The monoisotopic (exact) mass is 324 g/mol. The second-order valence-corrected chi connectivity index (χ2v) is 5.12. The van der Waals surface area contributed by atoms with E-state index in [4.69, 9.17) is 4.74 Å². The fraction of sp³-hybridized carbons (Fsp3) is 0.231. The van der Waals surface area contributed by atoms with E-state index in [0.717, 1.165) is 10.0 Å². The number of carboxylic acid groups (broad SMARTS) is 1. The number of rotatable bonds is 3. The SMILES string of the molecule is Cc1ccc(Br)cc1Oc1c(C(=O)O)c(C)nn1C. The Balaban J connectivity index is 2.49. The zero-order valence-corrected chi connectivity index (χ0v) is 12.4. The van der Waals surface area contributed by atoms with Gasteiger partial charge < -0.3 is 9.84 Å². The van der Waals surface area contributed by atoms with Gasteiger partial charge in [0.25, 0.3) is 0 Å². The summed E-state index contributed by atoms with van der Waals surface area (Å²) in [4.78, 5) is 11.3. The van der Waals surface area contributed by atoms with Crippen molar-refractivity contribution >= 4 is 21.9 Å². The third kappa shape index (κ3) is 2.63. The molecule has 0 aliphatic rings. The summed E-state index contributed by atoms with van der Waals surface area (Å²) < 4.78 is 8.02. The zero-order chi connectivity index (χ0) is 14.2. The first-order chi connectivity index (χ1) is 8.90. The van der Waals surface area contributed by atoms with E-state index in [2.05, 4.69) is 21.0 Å². The predicted octanol–water partition coefficient (Wildman–Crippen LogP) is 3.29. The average molecular weight is 325 g/mol. The molecule has 5 nitrogen and oxygen atoms in total. The Kier molecular flexibility index (Phi) is 3.61. The third-order valence-electron chi connectivity index (χ3n) is 2.74. The molecule has 0 amide bonds. The molecule has 19 heavy (non-hydrogen) atoms. The van der Waals surface area contributed by atoms with E-state index in [0.29, 0.717) is 11.4 Å². The Bertz CT molecular complexity index is 650. The van der Waals surface area contributed by atoms with E-state index in [1.165, 1.54) is 4.68 Å². The predicted molar refractivity (Wildman–Crippen MR) is 73.9 cm³/mol. The summed E-state index contributed by atoms with van der Waals surface area (Å²) >= 11 is 3.36. The summed E-state index contributed by atoms with van der Waals surface area (Å²) in [6.07, 6.45) is 0. The first-order valence-electron chi connectivity index (χ1n) is 5.61. The van der Waals surface area contributed by atoms with Gasteiger partial charge in [-0.1, -0.05) is 22.0 Å². The van der Waals surface area contributed by atoms with Gasteiger partial charge in [-0.2, -0.15) is 5.10 Å². The molecule has 0 bridgehead atoms. The molecule has 0 saturated heterocycles. The maximum absolute atomic E-state index is 11.3. The van der Waals surface area contributed by atoms with Crippen LogP contribution in [0.5, 0.6) is 11.6 Å². The minimum atomic E-state index is -1.05. The highest BCUT2D eigenvalue weighted by Crippen LogP contribution is 2.31. The number of carboxylic acids is 1. The largest absolute Gasteiger partial charge is 0.477 e. The molecule has 1 aromatic carbocycles. The quantitative estimate of drug-likeness (QED) is 0.940. The first kappa shape index (κ1) is 13.6. The number of benzene rings is 1. The van der Waals surface area contributed by atoms with Gasteiger partial charge in [-0.15, -0.1) is 0 Å². The molecule has 1 heterocycles. The lowest BCUT2D eigenvalue weighted by atomic mass is 10.2. The molecular weight excluding hydrogens is 312 g/mol. The van der Waals surface area contributed by atoms with Crippen LogP contribution in [0.1, 0.15) is 21.6 Å². The van der Waals surface area contributed by atoms with Gasteiger partial charge in [0.15, 0.2) is 0 Å². The highest BCUT2D eigenvalue weighted by molar-refractivity contribution is 9.10. The summed E-state index contributed by atoms with van der Waals surface area (Å²) in [6, 6.07) is 5.58. The molecular formula is C13H13BrN2O3. The van der Waals surface area contributed by atoms with Gasteiger partial charge in [0.2, 0.25) is 5.88 Å². The number of aromatic nitrogens is 2. The van der Waals surface area contributed by atoms with Crippen LogP contribution < -0.4 is 4.74 Å². The Hall–Kier alpha value is -1.82. The van der Waals surface area contributed by atoms with Crippen LogP contribution >= 0.6 is 15.9 Å². The normalized spacial score (nSPS) is 10.5. The van der Waals surface area contributed by atoms with E-state index in [1.807, 2.05) is 19.1 Å². The molecule has 0 fully saturated rings. The van der Waals surface area contributed by atoms with Crippen molar-refractivity contribution in [2.75, 3.05) is 0 Å². The second kappa shape index (κ2) is 5.05. The second-order valence-electron chi connectivity index (χ2n) is 4.21. The summed E-state index contributed by atoms with van der Waals surface area (Å²) in [6.45, 7) is 3.54. The molecule has 1 aromatic heterocycles. The number of carbonyl (C=O) groups is 1. The van der Waals surface area contributed by atoms with Gasteiger partial charge in [0.1, 0.15) is 11.3 Å². The fourth-order valence-electron chi connectivity index (χ4n) is 1.79. The van der Waals surface area contributed by atoms with Crippen LogP contribution in [0.3, 0.4) is 0 Å². The van der Waals surface area contributed by atoms with E-state index in [1.54, 1.807) is 20.0 Å². The first-order valence-corrected chi connectivity index (χ1v) is 6.40. The van der Waals surface area contributed by atoms with Crippen LogP contribution in [0.2, 0.25) is 0 Å². The van der Waals surface area contributed by atoms with Crippen molar-refractivity contribution in [2.24, 2.45) is 7.05 Å². The van der Waals surface area contributed by atoms with Crippen molar-refractivity contribution in [3.05, 3.63) is 39.5 Å². The molecule has 0 unspecified atom stereocenters. The van der Waals surface area contributed by atoms with Crippen LogP contribution in [0.25, 0.3) is 0 Å². The van der Waals surface area contributed by atoms with Gasteiger partial charge in [-0.25, -0.2) is 9.48 Å². The lowest BCUT2D eigenvalue weighted by molar-refractivity contribution is 0.0693. The van der Waals surface area contributed by atoms with E-state index < -0.39 is 5.97 Å². The van der Waals surface area contributed by atoms with E-state index >= 15 is 0 Å². The summed E-state index contributed by atoms with van der Waals surface area (Å²) in [5, 5.41) is 13.3. The summed E-state index contributed by atoms with van der Waals surface area (Å²) in [5.41, 5.74) is 1.43. The van der Waals surface area contributed by atoms with E-state index in [9.17, 15) is 9.90 Å². The van der Waals surface area contributed by atoms with Gasteiger partial charge >= 0.3 is 5.97 Å². The maximum Gasteiger partial charge on any atom is 0.343 e.